The molecule has 2 aromatic heterocycles. The van der Waals surface area contributed by atoms with E-state index >= 15 is 0 Å². The predicted octanol–water partition coefficient (Wildman–Crippen LogP) is 1.92. The van der Waals surface area contributed by atoms with Crippen LogP contribution in [-0.2, 0) is 0 Å². The third-order valence-corrected chi connectivity index (χ3v) is 4.28. The Hall–Kier alpha value is -1.47. The van der Waals surface area contributed by atoms with Crippen molar-refractivity contribution in [1.82, 2.24) is 20.2 Å². The predicted molar refractivity (Wildman–Crippen MR) is 80.9 cm³/mol. The Kier molecular flexibility index (Phi) is 3.71. The van der Waals surface area contributed by atoms with Gasteiger partial charge in [-0.1, -0.05) is 22.9 Å². The molecule has 1 saturated heterocycles. The monoisotopic (exact) mass is 310 g/mol. The number of hydrogen-bond donors (Lipinski definition) is 0. The van der Waals surface area contributed by atoms with E-state index in [1.807, 2.05) is 19.9 Å². The normalized spacial score (nSPS) is 15.8. The zero-order valence-electron chi connectivity index (χ0n) is 11.4. The SMILES string of the molecule is Cc1nc(Cl)cc(N2CCN(c3nnc(C)s3)CC2)n1. The van der Waals surface area contributed by atoms with Crippen molar-refractivity contribution in [2.24, 2.45) is 0 Å². The maximum atomic E-state index is 5.99. The van der Waals surface area contributed by atoms with Gasteiger partial charge in [0.2, 0.25) is 5.13 Å². The van der Waals surface area contributed by atoms with E-state index in [-0.39, 0.29) is 0 Å². The summed E-state index contributed by atoms with van der Waals surface area (Å²) in [6, 6.07) is 1.82. The first-order chi connectivity index (χ1) is 9.61. The lowest BCUT2D eigenvalue weighted by atomic mass is 10.3. The summed E-state index contributed by atoms with van der Waals surface area (Å²) >= 11 is 7.63. The van der Waals surface area contributed by atoms with Crippen LogP contribution in [0, 0.1) is 13.8 Å². The molecule has 0 N–H and O–H groups in total. The van der Waals surface area contributed by atoms with Gasteiger partial charge in [0, 0.05) is 32.2 Å². The minimum atomic E-state index is 0.495. The fourth-order valence-electron chi connectivity index (χ4n) is 2.22. The van der Waals surface area contributed by atoms with Crippen LogP contribution < -0.4 is 9.80 Å². The zero-order valence-corrected chi connectivity index (χ0v) is 12.9. The average molecular weight is 311 g/mol. The second-order valence-electron chi connectivity index (χ2n) is 4.67. The number of aromatic nitrogens is 4. The molecule has 0 aromatic carbocycles. The second kappa shape index (κ2) is 5.49. The summed E-state index contributed by atoms with van der Waals surface area (Å²) in [5, 5.41) is 10.8. The Labute approximate surface area is 126 Å². The highest BCUT2D eigenvalue weighted by Crippen LogP contribution is 2.23. The van der Waals surface area contributed by atoms with E-state index in [2.05, 4.69) is 30.0 Å². The van der Waals surface area contributed by atoms with Crippen LogP contribution in [-0.4, -0.2) is 46.3 Å². The lowest BCUT2D eigenvalue weighted by Gasteiger charge is -2.35. The van der Waals surface area contributed by atoms with Gasteiger partial charge in [0.25, 0.3) is 0 Å². The van der Waals surface area contributed by atoms with E-state index in [9.17, 15) is 0 Å². The smallest absolute Gasteiger partial charge is 0.208 e. The highest BCUT2D eigenvalue weighted by molar-refractivity contribution is 7.15. The number of aryl methyl sites for hydroxylation is 2. The van der Waals surface area contributed by atoms with Gasteiger partial charge in [0.05, 0.1) is 0 Å². The van der Waals surface area contributed by atoms with Gasteiger partial charge in [-0.05, 0) is 13.8 Å². The largest absolute Gasteiger partial charge is 0.353 e. The summed E-state index contributed by atoms with van der Waals surface area (Å²) in [5.41, 5.74) is 0. The molecule has 1 aliphatic rings. The van der Waals surface area contributed by atoms with E-state index in [0.29, 0.717) is 11.0 Å². The van der Waals surface area contributed by atoms with Crippen molar-refractivity contribution in [2.45, 2.75) is 13.8 Å². The number of rotatable bonds is 2. The molecule has 0 unspecified atom stereocenters. The Balaban J connectivity index is 1.69. The Morgan fingerprint density at radius 1 is 1.05 bits per heavy atom. The first-order valence-electron chi connectivity index (χ1n) is 6.43. The molecule has 20 heavy (non-hydrogen) atoms. The molecule has 0 amide bonds. The molecular weight excluding hydrogens is 296 g/mol. The third kappa shape index (κ3) is 2.83. The summed E-state index contributed by atoms with van der Waals surface area (Å²) in [4.78, 5) is 13.0. The zero-order chi connectivity index (χ0) is 14.1. The van der Waals surface area contributed by atoms with Crippen molar-refractivity contribution >= 4 is 33.9 Å². The van der Waals surface area contributed by atoms with Crippen molar-refractivity contribution in [2.75, 3.05) is 36.0 Å². The highest BCUT2D eigenvalue weighted by Gasteiger charge is 2.21. The highest BCUT2D eigenvalue weighted by atomic mass is 35.5. The summed E-state index contributed by atoms with van der Waals surface area (Å²) in [6.07, 6.45) is 0. The number of anilines is 2. The maximum absolute atomic E-state index is 5.99. The molecule has 106 valence electrons. The average Bonchev–Trinajstić information content (AvgIpc) is 2.84. The standard InChI is InChI=1S/C12H15ClN6S/c1-8-14-10(13)7-11(15-8)18-3-5-19(6-4-18)12-17-16-9(2)20-12/h7H,3-6H2,1-2H3. The van der Waals surface area contributed by atoms with E-state index in [4.69, 9.17) is 11.6 Å². The van der Waals surface area contributed by atoms with Crippen LogP contribution in [0.5, 0.6) is 0 Å². The third-order valence-electron chi connectivity index (χ3n) is 3.18. The van der Waals surface area contributed by atoms with Crippen LogP contribution in [0.2, 0.25) is 5.15 Å². The lowest BCUT2D eigenvalue weighted by molar-refractivity contribution is 0.642. The molecule has 0 bridgehead atoms. The first-order valence-corrected chi connectivity index (χ1v) is 7.62. The number of nitrogens with zero attached hydrogens (tertiary/aromatic N) is 6. The minimum Gasteiger partial charge on any atom is -0.353 e. The molecule has 3 rings (SSSR count). The summed E-state index contributed by atoms with van der Waals surface area (Å²) in [6.45, 7) is 7.44. The number of halogens is 1. The van der Waals surface area contributed by atoms with Gasteiger partial charge in [-0.3, -0.25) is 0 Å². The fraction of sp³-hybridized carbons (Fsp3) is 0.500. The van der Waals surface area contributed by atoms with Crippen LogP contribution in [0.1, 0.15) is 10.8 Å². The van der Waals surface area contributed by atoms with Crippen molar-refractivity contribution in [1.29, 1.82) is 0 Å². The topological polar surface area (TPSA) is 58.0 Å². The molecule has 8 heteroatoms. The van der Waals surface area contributed by atoms with E-state index < -0.39 is 0 Å². The number of hydrogen-bond acceptors (Lipinski definition) is 7. The Bertz CT molecular complexity index is 587. The maximum Gasteiger partial charge on any atom is 0.208 e. The molecule has 6 nitrogen and oxygen atoms in total. The van der Waals surface area contributed by atoms with Crippen LogP contribution >= 0.6 is 22.9 Å². The number of piperazine rings is 1. The van der Waals surface area contributed by atoms with Crippen molar-refractivity contribution < 1.29 is 0 Å². The molecule has 0 aliphatic carbocycles. The molecule has 3 heterocycles. The van der Waals surface area contributed by atoms with Crippen LogP contribution in [0.3, 0.4) is 0 Å². The van der Waals surface area contributed by atoms with Crippen molar-refractivity contribution in [3.8, 4) is 0 Å². The molecule has 0 radical (unpaired) electrons. The minimum absolute atomic E-state index is 0.495. The molecule has 1 aliphatic heterocycles. The Morgan fingerprint density at radius 3 is 2.35 bits per heavy atom. The van der Waals surface area contributed by atoms with Gasteiger partial charge in [0.1, 0.15) is 21.8 Å². The van der Waals surface area contributed by atoms with E-state index in [0.717, 1.165) is 42.1 Å². The van der Waals surface area contributed by atoms with Crippen LogP contribution in [0.25, 0.3) is 0 Å². The summed E-state index contributed by atoms with van der Waals surface area (Å²) < 4.78 is 0. The Morgan fingerprint density at radius 2 is 1.75 bits per heavy atom. The van der Waals surface area contributed by atoms with Gasteiger partial charge in [-0.2, -0.15) is 0 Å². The van der Waals surface area contributed by atoms with Gasteiger partial charge in [-0.15, -0.1) is 10.2 Å². The van der Waals surface area contributed by atoms with Crippen LogP contribution in [0.15, 0.2) is 6.07 Å². The molecule has 0 saturated carbocycles. The lowest BCUT2D eigenvalue weighted by Crippen LogP contribution is -2.46. The molecule has 0 atom stereocenters. The summed E-state index contributed by atoms with van der Waals surface area (Å²) in [5.74, 6) is 1.60. The summed E-state index contributed by atoms with van der Waals surface area (Å²) in [7, 11) is 0. The van der Waals surface area contributed by atoms with Gasteiger partial charge >= 0.3 is 0 Å². The second-order valence-corrected chi connectivity index (χ2v) is 6.22. The van der Waals surface area contributed by atoms with E-state index in [1.165, 1.54) is 0 Å². The van der Waals surface area contributed by atoms with Gasteiger partial charge in [0.15, 0.2) is 0 Å². The van der Waals surface area contributed by atoms with E-state index in [1.54, 1.807) is 11.3 Å². The van der Waals surface area contributed by atoms with Crippen molar-refractivity contribution in [3.05, 3.63) is 22.1 Å². The quantitative estimate of drug-likeness (QED) is 0.790. The van der Waals surface area contributed by atoms with Gasteiger partial charge < -0.3 is 9.80 Å². The first kappa shape index (κ1) is 13.5. The fourth-order valence-corrected chi connectivity index (χ4v) is 3.18. The van der Waals surface area contributed by atoms with Gasteiger partial charge in [-0.25, -0.2) is 9.97 Å². The molecule has 0 spiro atoms. The molecule has 1 fully saturated rings. The van der Waals surface area contributed by atoms with Crippen LogP contribution in [0.4, 0.5) is 10.9 Å². The molecular formula is C12H15ClN6S. The van der Waals surface area contributed by atoms with Crippen molar-refractivity contribution in [3.63, 3.8) is 0 Å². The molecule has 2 aromatic rings.